The molecule has 10 heteroatoms. The number of nitrogens with zero attached hydrogens (tertiary/aromatic N) is 6. The summed E-state index contributed by atoms with van der Waals surface area (Å²) >= 11 is 0. The number of aromatic amines is 1. The van der Waals surface area contributed by atoms with Crippen LogP contribution in [0.5, 0.6) is 0 Å². The van der Waals surface area contributed by atoms with Gasteiger partial charge in [-0.25, -0.2) is 4.68 Å². The monoisotopic (exact) mass is 523 g/mol. The van der Waals surface area contributed by atoms with Crippen LogP contribution in [0.3, 0.4) is 0 Å². The number of piperazine rings is 1. The third kappa shape index (κ3) is 4.98. The number of H-pyrrole nitrogens is 1. The lowest BCUT2D eigenvalue weighted by molar-refractivity contribution is 0.0558. The number of carbonyl (C=O) groups excluding carboxylic acids is 1. The summed E-state index contributed by atoms with van der Waals surface area (Å²) in [5, 5.41) is 13.7. The van der Waals surface area contributed by atoms with Gasteiger partial charge in [0.05, 0.1) is 12.8 Å². The van der Waals surface area contributed by atoms with Crippen LogP contribution in [0.2, 0.25) is 0 Å². The van der Waals surface area contributed by atoms with Crippen molar-refractivity contribution in [2.75, 3.05) is 26.2 Å². The van der Waals surface area contributed by atoms with E-state index in [1.165, 1.54) is 11.8 Å². The van der Waals surface area contributed by atoms with Crippen LogP contribution < -0.4 is 5.56 Å². The molecule has 1 aliphatic rings. The van der Waals surface area contributed by atoms with Crippen molar-refractivity contribution >= 4 is 16.8 Å². The standard InChI is InChI=1S/C29H29N7O3/c1-2-20-10-11-24-22(17-20)18-23(28(37)30-24)26(27-31-32-33-36(27)19-21-7-4-3-5-8-21)34-12-14-35(15-13-34)29(38)25-9-6-16-39-25/h3-11,16-18,26H,2,12-15,19H2,1H3,(H,30,37). The van der Waals surface area contributed by atoms with Gasteiger partial charge in [-0.2, -0.15) is 0 Å². The van der Waals surface area contributed by atoms with Crippen LogP contribution in [-0.4, -0.2) is 67.1 Å². The molecule has 1 saturated heterocycles. The number of hydrogen-bond acceptors (Lipinski definition) is 7. The molecule has 1 fully saturated rings. The number of fused-ring (bicyclic) bond motifs is 1. The fourth-order valence-electron chi connectivity index (χ4n) is 5.21. The van der Waals surface area contributed by atoms with Crippen LogP contribution in [0.25, 0.3) is 10.9 Å². The number of carbonyl (C=O) groups is 1. The predicted octanol–water partition coefficient (Wildman–Crippen LogP) is 3.27. The van der Waals surface area contributed by atoms with Gasteiger partial charge in [0.15, 0.2) is 11.6 Å². The number of furan rings is 1. The molecule has 0 spiro atoms. The van der Waals surface area contributed by atoms with Crippen molar-refractivity contribution < 1.29 is 9.21 Å². The normalized spacial score (nSPS) is 15.1. The molecular formula is C29H29N7O3. The van der Waals surface area contributed by atoms with Gasteiger partial charge < -0.3 is 14.3 Å². The summed E-state index contributed by atoms with van der Waals surface area (Å²) < 4.78 is 7.08. The first-order valence-electron chi connectivity index (χ1n) is 13.1. The number of benzene rings is 2. The number of hydrogen-bond donors (Lipinski definition) is 1. The van der Waals surface area contributed by atoms with Gasteiger partial charge in [-0.1, -0.05) is 43.3 Å². The first-order valence-corrected chi connectivity index (χ1v) is 13.1. The van der Waals surface area contributed by atoms with Gasteiger partial charge >= 0.3 is 0 Å². The number of pyridine rings is 1. The number of aromatic nitrogens is 5. The fraction of sp³-hybridized carbons (Fsp3) is 0.276. The van der Waals surface area contributed by atoms with Crippen LogP contribution in [0.1, 0.15) is 46.0 Å². The van der Waals surface area contributed by atoms with E-state index >= 15 is 0 Å². The lowest BCUT2D eigenvalue weighted by Gasteiger charge is -2.38. The van der Waals surface area contributed by atoms with Crippen LogP contribution in [0, 0.1) is 0 Å². The maximum atomic E-state index is 13.5. The largest absolute Gasteiger partial charge is 0.459 e. The molecular weight excluding hydrogens is 494 g/mol. The zero-order chi connectivity index (χ0) is 26.8. The molecule has 1 aliphatic heterocycles. The summed E-state index contributed by atoms with van der Waals surface area (Å²) in [5.74, 6) is 0.770. The first-order chi connectivity index (χ1) is 19.1. The quantitative estimate of drug-likeness (QED) is 0.348. The Morgan fingerprint density at radius 1 is 1.00 bits per heavy atom. The summed E-state index contributed by atoms with van der Waals surface area (Å²) in [5.41, 5.74) is 3.43. The van der Waals surface area contributed by atoms with Crippen molar-refractivity contribution in [2.24, 2.45) is 0 Å². The summed E-state index contributed by atoms with van der Waals surface area (Å²) in [6.45, 7) is 4.65. The van der Waals surface area contributed by atoms with Crippen LogP contribution >= 0.6 is 0 Å². The predicted molar refractivity (Wildman–Crippen MR) is 145 cm³/mol. The Labute approximate surface area is 224 Å². The lowest BCUT2D eigenvalue weighted by atomic mass is 10.0. The number of nitrogens with one attached hydrogen (secondary N) is 1. The highest BCUT2D eigenvalue weighted by atomic mass is 16.3. The zero-order valence-electron chi connectivity index (χ0n) is 21.7. The minimum atomic E-state index is -0.497. The molecule has 0 aliphatic carbocycles. The molecule has 198 valence electrons. The Hall–Kier alpha value is -4.57. The molecule has 3 aromatic heterocycles. The summed E-state index contributed by atoms with van der Waals surface area (Å²) in [6, 6.07) is 20.9. The van der Waals surface area contributed by atoms with E-state index in [-0.39, 0.29) is 11.5 Å². The third-order valence-corrected chi connectivity index (χ3v) is 7.32. The highest BCUT2D eigenvalue weighted by Gasteiger charge is 2.34. The van der Waals surface area contributed by atoms with E-state index in [9.17, 15) is 9.59 Å². The van der Waals surface area contributed by atoms with Crippen molar-refractivity contribution in [1.82, 2.24) is 35.0 Å². The molecule has 10 nitrogen and oxygen atoms in total. The van der Waals surface area contributed by atoms with Crippen LogP contribution in [0.4, 0.5) is 0 Å². The van der Waals surface area contributed by atoms with E-state index in [0.29, 0.717) is 49.9 Å². The van der Waals surface area contributed by atoms with E-state index in [4.69, 9.17) is 4.42 Å². The Kier molecular flexibility index (Phi) is 6.76. The van der Waals surface area contributed by atoms with Gasteiger partial charge in [0, 0.05) is 37.3 Å². The SMILES string of the molecule is CCc1ccc2[nH]c(=O)c(C(c3nnnn3Cc3ccccc3)N3CCN(C(=O)c4ccco4)CC3)cc2c1. The number of amides is 1. The molecule has 1 N–H and O–H groups in total. The minimum absolute atomic E-state index is 0.138. The molecule has 5 aromatic rings. The van der Waals surface area contributed by atoms with Crippen molar-refractivity contribution in [2.45, 2.75) is 25.9 Å². The molecule has 0 bridgehead atoms. The van der Waals surface area contributed by atoms with E-state index in [1.54, 1.807) is 21.7 Å². The summed E-state index contributed by atoms with van der Waals surface area (Å²) in [6.07, 6.45) is 2.40. The Balaban J connectivity index is 1.38. The average Bonchev–Trinajstić information content (AvgIpc) is 3.67. The highest BCUT2D eigenvalue weighted by molar-refractivity contribution is 5.91. The second-order valence-corrected chi connectivity index (χ2v) is 9.72. The molecule has 39 heavy (non-hydrogen) atoms. The second-order valence-electron chi connectivity index (χ2n) is 9.72. The Morgan fingerprint density at radius 3 is 2.56 bits per heavy atom. The molecule has 1 atom stereocenters. The molecule has 2 aromatic carbocycles. The molecule has 4 heterocycles. The van der Waals surface area contributed by atoms with Crippen LogP contribution in [0.15, 0.2) is 82.2 Å². The molecule has 1 unspecified atom stereocenters. The number of rotatable bonds is 7. The average molecular weight is 524 g/mol. The van der Waals surface area contributed by atoms with Crippen molar-refractivity contribution in [3.05, 3.63) is 112 Å². The lowest BCUT2D eigenvalue weighted by Crippen LogP contribution is -2.50. The maximum Gasteiger partial charge on any atom is 0.289 e. The molecule has 0 saturated carbocycles. The van der Waals surface area contributed by atoms with Crippen molar-refractivity contribution in [1.29, 1.82) is 0 Å². The van der Waals surface area contributed by atoms with E-state index in [0.717, 1.165) is 22.9 Å². The van der Waals surface area contributed by atoms with Gasteiger partial charge in [0.2, 0.25) is 0 Å². The van der Waals surface area contributed by atoms with E-state index in [2.05, 4.69) is 38.4 Å². The summed E-state index contributed by atoms with van der Waals surface area (Å²) in [4.78, 5) is 33.4. The third-order valence-electron chi connectivity index (χ3n) is 7.32. The van der Waals surface area contributed by atoms with Gasteiger partial charge in [-0.05, 0) is 63.7 Å². The Morgan fingerprint density at radius 2 is 1.82 bits per heavy atom. The molecule has 1 amide bonds. The van der Waals surface area contributed by atoms with Gasteiger partial charge in [0.1, 0.15) is 6.04 Å². The smallest absolute Gasteiger partial charge is 0.289 e. The van der Waals surface area contributed by atoms with Crippen molar-refractivity contribution in [3.63, 3.8) is 0 Å². The summed E-state index contributed by atoms with van der Waals surface area (Å²) in [7, 11) is 0. The molecule has 0 radical (unpaired) electrons. The van der Waals surface area contributed by atoms with Gasteiger partial charge in [-0.3, -0.25) is 14.5 Å². The Bertz CT molecular complexity index is 1630. The van der Waals surface area contributed by atoms with Gasteiger partial charge in [0.25, 0.3) is 11.5 Å². The minimum Gasteiger partial charge on any atom is -0.459 e. The number of tetrazole rings is 1. The van der Waals surface area contributed by atoms with Crippen molar-refractivity contribution in [3.8, 4) is 0 Å². The fourth-order valence-corrected chi connectivity index (χ4v) is 5.21. The van der Waals surface area contributed by atoms with E-state index in [1.807, 2.05) is 48.5 Å². The first kappa shape index (κ1) is 24.7. The molecule has 6 rings (SSSR count). The maximum absolute atomic E-state index is 13.5. The zero-order valence-corrected chi connectivity index (χ0v) is 21.7. The number of aryl methyl sites for hydroxylation is 1. The topological polar surface area (TPSA) is 113 Å². The van der Waals surface area contributed by atoms with Crippen LogP contribution in [-0.2, 0) is 13.0 Å². The second kappa shape index (κ2) is 10.7. The highest BCUT2D eigenvalue weighted by Crippen LogP contribution is 2.29. The van der Waals surface area contributed by atoms with E-state index < -0.39 is 6.04 Å². The van der Waals surface area contributed by atoms with Gasteiger partial charge in [-0.15, -0.1) is 5.10 Å².